The molecule has 6 heteroatoms. The van der Waals surface area contributed by atoms with Crippen molar-refractivity contribution in [2.24, 2.45) is 0 Å². The number of fused-ring (bicyclic) bond motifs is 1. The summed E-state index contributed by atoms with van der Waals surface area (Å²) in [6.07, 6.45) is 2.71. The minimum Gasteiger partial charge on any atom is -0.369 e. The third-order valence-corrected chi connectivity index (χ3v) is 1.70. The van der Waals surface area contributed by atoms with Crippen molar-refractivity contribution in [1.29, 1.82) is 0 Å². The monoisotopic (exact) mass is 177 g/mol. The summed E-state index contributed by atoms with van der Waals surface area (Å²) < 4.78 is 1.15. The van der Waals surface area contributed by atoms with Crippen LogP contribution in [0.2, 0.25) is 0 Å². The Morgan fingerprint density at radius 1 is 1.69 bits per heavy atom. The lowest BCUT2D eigenvalue weighted by Crippen LogP contribution is -2.20. The van der Waals surface area contributed by atoms with Crippen LogP contribution in [-0.4, -0.2) is 19.5 Å². The Morgan fingerprint density at radius 2 is 2.46 bits per heavy atom. The highest BCUT2D eigenvalue weighted by atomic mass is 16.1. The molecule has 0 aromatic carbocycles. The first-order chi connectivity index (χ1) is 6.24. The van der Waals surface area contributed by atoms with Gasteiger partial charge >= 0.3 is 0 Å². The van der Waals surface area contributed by atoms with Crippen molar-refractivity contribution in [2.75, 3.05) is 5.73 Å². The van der Waals surface area contributed by atoms with E-state index in [1.54, 1.807) is 0 Å². The minimum absolute atomic E-state index is 0.0830. The molecule has 2 rings (SSSR count). The maximum Gasteiger partial charge on any atom is 0.285 e. The van der Waals surface area contributed by atoms with Crippen molar-refractivity contribution in [3.8, 4) is 0 Å². The molecule has 0 bridgehead atoms. The molecule has 0 amide bonds. The van der Waals surface area contributed by atoms with Gasteiger partial charge in [0.05, 0.1) is 6.33 Å². The summed E-state index contributed by atoms with van der Waals surface area (Å²) in [7, 11) is 0. The van der Waals surface area contributed by atoms with Gasteiger partial charge in [0.25, 0.3) is 5.56 Å². The molecule has 6 nitrogen and oxygen atoms in total. The topological polar surface area (TPSA) is 89.6 Å². The predicted molar refractivity (Wildman–Crippen MR) is 48.9 cm³/mol. The van der Waals surface area contributed by atoms with Gasteiger partial charge in [-0.2, -0.15) is 4.98 Å². The first-order valence-corrected chi connectivity index (χ1v) is 3.57. The van der Waals surface area contributed by atoms with Crippen molar-refractivity contribution in [3.63, 3.8) is 0 Å². The summed E-state index contributed by atoms with van der Waals surface area (Å²) in [6, 6.07) is 0. The Kier molecular flexibility index (Phi) is 1.42. The molecule has 2 aromatic rings. The van der Waals surface area contributed by atoms with Gasteiger partial charge in [0.2, 0.25) is 5.95 Å². The number of nitrogens with two attached hydrogens (primary N) is 1. The van der Waals surface area contributed by atoms with Crippen LogP contribution in [0.25, 0.3) is 17.4 Å². The van der Waals surface area contributed by atoms with Crippen molar-refractivity contribution in [1.82, 2.24) is 19.5 Å². The van der Waals surface area contributed by atoms with Gasteiger partial charge in [-0.05, 0) is 0 Å². The van der Waals surface area contributed by atoms with Crippen LogP contribution in [0, 0.1) is 0 Å². The van der Waals surface area contributed by atoms with E-state index in [9.17, 15) is 4.79 Å². The number of nitrogens with zero attached hydrogens (tertiary/aromatic N) is 3. The summed E-state index contributed by atoms with van der Waals surface area (Å²) in [5.74, 6) is 0.0830. The summed E-state index contributed by atoms with van der Waals surface area (Å²) in [6.45, 7) is 3.45. The maximum atomic E-state index is 11.5. The highest BCUT2D eigenvalue weighted by Crippen LogP contribution is 2.03. The summed E-state index contributed by atoms with van der Waals surface area (Å²) in [5, 5.41) is 0. The summed E-state index contributed by atoms with van der Waals surface area (Å²) in [5.41, 5.74) is 5.84. The number of H-pyrrole nitrogens is 1. The SMILES string of the molecule is C=Cn1c(N)nc2nc[nH]c2c1=O. The zero-order chi connectivity index (χ0) is 9.42. The Bertz CT molecular complexity index is 523. The fourth-order valence-corrected chi connectivity index (χ4v) is 1.09. The number of aromatic nitrogens is 4. The standard InChI is InChI=1S/C7H7N5O/c1-2-12-6(13)4-5(10-3-9-4)11-7(12)8/h2-3H,1H2,(H2,8,11)(H,9,10). The molecule has 0 unspecified atom stereocenters. The molecule has 2 heterocycles. The molecule has 0 saturated carbocycles. The fraction of sp³-hybridized carbons (Fsp3) is 0. The fourth-order valence-electron chi connectivity index (χ4n) is 1.09. The van der Waals surface area contributed by atoms with Crippen molar-refractivity contribution >= 4 is 23.3 Å². The largest absolute Gasteiger partial charge is 0.369 e. The second-order valence-corrected chi connectivity index (χ2v) is 2.43. The normalized spacial score (nSPS) is 10.5. The molecule has 0 fully saturated rings. The molecule has 0 spiro atoms. The Balaban J connectivity index is 3.01. The van der Waals surface area contributed by atoms with E-state index in [0.717, 1.165) is 4.57 Å². The number of hydrogen-bond donors (Lipinski definition) is 2. The van der Waals surface area contributed by atoms with Crippen molar-refractivity contribution in [3.05, 3.63) is 23.3 Å². The highest BCUT2D eigenvalue weighted by Gasteiger charge is 2.07. The number of nitrogen functional groups attached to an aromatic ring is 1. The van der Waals surface area contributed by atoms with Crippen LogP contribution >= 0.6 is 0 Å². The van der Waals surface area contributed by atoms with Crippen LogP contribution in [0.4, 0.5) is 5.95 Å². The van der Waals surface area contributed by atoms with E-state index < -0.39 is 0 Å². The Morgan fingerprint density at radius 3 is 3.15 bits per heavy atom. The molecule has 2 aromatic heterocycles. The summed E-state index contributed by atoms with van der Waals surface area (Å²) >= 11 is 0. The zero-order valence-corrected chi connectivity index (χ0v) is 6.69. The first-order valence-electron chi connectivity index (χ1n) is 3.57. The van der Waals surface area contributed by atoms with Gasteiger partial charge in [0.15, 0.2) is 11.2 Å². The first kappa shape index (κ1) is 7.53. The Labute approximate surface area is 72.7 Å². The lowest BCUT2D eigenvalue weighted by Gasteiger charge is -2.00. The van der Waals surface area contributed by atoms with Crippen LogP contribution in [0.1, 0.15) is 0 Å². The molecule has 0 aliphatic heterocycles. The minimum atomic E-state index is -0.296. The lowest BCUT2D eigenvalue weighted by molar-refractivity contribution is 1.04. The van der Waals surface area contributed by atoms with E-state index in [-0.39, 0.29) is 11.5 Å². The maximum absolute atomic E-state index is 11.5. The number of imidazole rings is 1. The number of hydrogen-bond acceptors (Lipinski definition) is 4. The smallest absolute Gasteiger partial charge is 0.285 e. The van der Waals surface area contributed by atoms with Gasteiger partial charge in [0.1, 0.15) is 0 Å². The van der Waals surface area contributed by atoms with E-state index in [2.05, 4.69) is 21.5 Å². The molecule has 0 atom stereocenters. The van der Waals surface area contributed by atoms with Crippen LogP contribution in [0.5, 0.6) is 0 Å². The molecular formula is C7H7N5O. The predicted octanol–water partition coefficient (Wildman–Crippen LogP) is -0.198. The van der Waals surface area contributed by atoms with Gasteiger partial charge < -0.3 is 10.7 Å². The third kappa shape index (κ3) is 0.919. The molecule has 13 heavy (non-hydrogen) atoms. The van der Waals surface area contributed by atoms with Gasteiger partial charge in [-0.1, -0.05) is 6.58 Å². The molecule has 3 N–H and O–H groups in total. The molecule has 0 radical (unpaired) electrons. The van der Waals surface area contributed by atoms with Crippen LogP contribution in [0.3, 0.4) is 0 Å². The molecule has 0 saturated heterocycles. The average Bonchev–Trinajstić information content (AvgIpc) is 2.53. The van der Waals surface area contributed by atoms with Crippen LogP contribution in [-0.2, 0) is 0 Å². The van der Waals surface area contributed by atoms with Crippen LogP contribution in [0.15, 0.2) is 17.7 Å². The number of aromatic amines is 1. The van der Waals surface area contributed by atoms with Crippen molar-refractivity contribution < 1.29 is 0 Å². The number of anilines is 1. The molecule has 0 aliphatic carbocycles. The number of nitrogens with one attached hydrogen (secondary N) is 1. The van der Waals surface area contributed by atoms with E-state index in [1.807, 2.05) is 0 Å². The second-order valence-electron chi connectivity index (χ2n) is 2.43. The molecule has 0 aliphatic rings. The molecule has 66 valence electrons. The second kappa shape index (κ2) is 2.44. The van der Waals surface area contributed by atoms with E-state index in [1.165, 1.54) is 12.5 Å². The van der Waals surface area contributed by atoms with Gasteiger partial charge in [-0.15, -0.1) is 0 Å². The summed E-state index contributed by atoms with van der Waals surface area (Å²) in [4.78, 5) is 21.9. The van der Waals surface area contributed by atoms with Gasteiger partial charge in [0, 0.05) is 6.20 Å². The van der Waals surface area contributed by atoms with Crippen LogP contribution < -0.4 is 11.3 Å². The molecular weight excluding hydrogens is 170 g/mol. The van der Waals surface area contributed by atoms with Crippen molar-refractivity contribution in [2.45, 2.75) is 0 Å². The zero-order valence-electron chi connectivity index (χ0n) is 6.69. The average molecular weight is 177 g/mol. The van der Waals surface area contributed by atoms with E-state index in [4.69, 9.17) is 5.73 Å². The highest BCUT2D eigenvalue weighted by molar-refractivity contribution is 5.70. The number of rotatable bonds is 1. The van der Waals surface area contributed by atoms with E-state index in [0.29, 0.717) is 11.2 Å². The van der Waals surface area contributed by atoms with Gasteiger partial charge in [-0.3, -0.25) is 9.36 Å². The Hall–Kier alpha value is -2.11. The lowest BCUT2D eigenvalue weighted by atomic mass is 10.5. The third-order valence-electron chi connectivity index (χ3n) is 1.70. The van der Waals surface area contributed by atoms with Gasteiger partial charge in [-0.25, -0.2) is 4.98 Å². The van der Waals surface area contributed by atoms with E-state index >= 15 is 0 Å². The quantitative estimate of drug-likeness (QED) is 0.631.